The lowest BCUT2D eigenvalue weighted by atomic mass is 9.90. The smallest absolute Gasteiger partial charge is 0.0820 e. The Morgan fingerprint density at radius 2 is 1.95 bits per heavy atom. The average molecular weight is 340 g/mol. The second-order valence-corrected chi connectivity index (χ2v) is 6.63. The van der Waals surface area contributed by atoms with Gasteiger partial charge in [0.2, 0.25) is 0 Å². The van der Waals surface area contributed by atoms with Gasteiger partial charge in [-0.3, -0.25) is 0 Å². The third-order valence-electron chi connectivity index (χ3n) is 3.96. The lowest BCUT2D eigenvalue weighted by Gasteiger charge is -2.30. The molecule has 0 amide bonds. The fraction of sp³-hybridized carbons (Fsp3) is 0.375. The first-order valence-electron chi connectivity index (χ1n) is 6.57. The van der Waals surface area contributed by atoms with Crippen LogP contribution in [0.4, 0.5) is 0 Å². The molecule has 0 aliphatic carbocycles. The van der Waals surface area contributed by atoms with E-state index < -0.39 is 0 Å². The van der Waals surface area contributed by atoms with Crippen LogP contribution in [0.25, 0.3) is 10.8 Å². The van der Waals surface area contributed by atoms with Gasteiger partial charge < -0.3 is 4.74 Å². The summed E-state index contributed by atoms with van der Waals surface area (Å²) in [5.74, 6) is 0. The van der Waals surface area contributed by atoms with Gasteiger partial charge in [-0.15, -0.1) is 0 Å². The summed E-state index contributed by atoms with van der Waals surface area (Å²) in [6, 6.07) is 12.4. The number of benzene rings is 2. The maximum absolute atomic E-state index is 6.28. The second kappa shape index (κ2) is 5.08. The van der Waals surface area contributed by atoms with E-state index in [0.717, 1.165) is 29.9 Å². The van der Waals surface area contributed by atoms with Gasteiger partial charge in [0.25, 0.3) is 0 Å². The Bertz CT molecular complexity index is 605. The van der Waals surface area contributed by atoms with E-state index in [4.69, 9.17) is 16.3 Å². The molecule has 1 saturated heterocycles. The van der Waals surface area contributed by atoms with Crippen LogP contribution in [0, 0.1) is 0 Å². The van der Waals surface area contributed by atoms with E-state index in [1.165, 1.54) is 10.9 Å². The molecule has 2 aromatic rings. The first kappa shape index (κ1) is 13.4. The number of halogens is 2. The van der Waals surface area contributed by atoms with Gasteiger partial charge in [0.15, 0.2) is 0 Å². The van der Waals surface area contributed by atoms with Crippen LogP contribution in [-0.4, -0.2) is 12.2 Å². The lowest BCUT2D eigenvalue weighted by molar-refractivity contribution is 0.0200. The molecule has 2 unspecified atom stereocenters. The molecule has 19 heavy (non-hydrogen) atoms. The van der Waals surface area contributed by atoms with E-state index >= 15 is 0 Å². The van der Waals surface area contributed by atoms with Gasteiger partial charge in [-0.25, -0.2) is 0 Å². The zero-order chi connectivity index (χ0) is 13.5. The van der Waals surface area contributed by atoms with Crippen molar-refractivity contribution < 1.29 is 4.74 Å². The third-order valence-corrected chi connectivity index (χ3v) is 5.75. The highest BCUT2D eigenvalue weighted by molar-refractivity contribution is 9.09. The third kappa shape index (κ3) is 2.31. The minimum absolute atomic E-state index is 0.128. The Morgan fingerprint density at radius 1 is 1.21 bits per heavy atom. The van der Waals surface area contributed by atoms with Crippen LogP contribution in [0.5, 0.6) is 0 Å². The predicted octanol–water partition coefficient (Wildman–Crippen LogP) is 5.50. The summed E-state index contributed by atoms with van der Waals surface area (Å²) in [5.41, 5.74) is 1.13. The summed E-state index contributed by atoms with van der Waals surface area (Å²) in [6.07, 6.45) is 2.21. The van der Waals surface area contributed by atoms with Crippen LogP contribution in [0.1, 0.15) is 30.2 Å². The summed E-state index contributed by atoms with van der Waals surface area (Å²) in [5, 5.41) is 3.11. The molecule has 0 spiro atoms. The average Bonchev–Trinajstić information content (AvgIpc) is 2.87. The van der Waals surface area contributed by atoms with Gasteiger partial charge in [0.1, 0.15) is 0 Å². The fourth-order valence-electron chi connectivity index (χ4n) is 2.84. The van der Waals surface area contributed by atoms with Crippen LogP contribution >= 0.6 is 27.5 Å². The maximum atomic E-state index is 6.28. The zero-order valence-electron chi connectivity index (χ0n) is 10.8. The highest BCUT2D eigenvalue weighted by atomic mass is 79.9. The zero-order valence-corrected chi connectivity index (χ0v) is 13.2. The Kier molecular flexibility index (Phi) is 3.59. The molecular weight excluding hydrogens is 324 g/mol. The number of rotatable bonds is 2. The molecule has 2 atom stereocenters. The summed E-state index contributed by atoms with van der Waals surface area (Å²) >= 11 is 10.1. The molecule has 0 bridgehead atoms. The van der Waals surface area contributed by atoms with Gasteiger partial charge in [-0.05, 0) is 36.8 Å². The van der Waals surface area contributed by atoms with Crippen molar-refractivity contribution in [2.75, 3.05) is 6.61 Å². The van der Waals surface area contributed by atoms with Crippen molar-refractivity contribution in [1.29, 1.82) is 0 Å². The summed E-state index contributed by atoms with van der Waals surface area (Å²) in [4.78, 5) is 0.185. The Hall–Kier alpha value is -0.570. The second-order valence-electron chi connectivity index (χ2n) is 5.31. The largest absolute Gasteiger partial charge is 0.374 e. The number of hydrogen-bond acceptors (Lipinski definition) is 1. The van der Waals surface area contributed by atoms with Crippen molar-refractivity contribution in [3.63, 3.8) is 0 Å². The predicted molar refractivity (Wildman–Crippen MR) is 84.2 cm³/mol. The number of ether oxygens (including phenoxy) is 1. The fourth-order valence-corrected chi connectivity index (χ4v) is 3.82. The minimum Gasteiger partial charge on any atom is -0.374 e. The first-order chi connectivity index (χ1) is 9.12. The van der Waals surface area contributed by atoms with Crippen LogP contribution in [0.2, 0.25) is 5.02 Å². The molecule has 0 aromatic heterocycles. The quantitative estimate of drug-likeness (QED) is 0.657. The van der Waals surface area contributed by atoms with E-state index in [1.807, 2.05) is 12.1 Å². The van der Waals surface area contributed by atoms with Gasteiger partial charge in [-0.1, -0.05) is 57.9 Å². The number of fused-ring (bicyclic) bond motifs is 1. The maximum Gasteiger partial charge on any atom is 0.0820 e. The molecule has 3 rings (SSSR count). The molecule has 3 heteroatoms. The van der Waals surface area contributed by atoms with Crippen molar-refractivity contribution in [2.24, 2.45) is 0 Å². The van der Waals surface area contributed by atoms with E-state index in [9.17, 15) is 0 Å². The SMILES string of the molecule is CC1(C(Br)c2ccc(Cl)c3ccccc23)CCCO1. The Morgan fingerprint density at radius 3 is 2.63 bits per heavy atom. The highest BCUT2D eigenvalue weighted by Crippen LogP contribution is 2.45. The standard InChI is InChI=1S/C16H16BrClO/c1-16(9-4-10-19-16)15(17)13-7-8-14(18)12-6-3-2-5-11(12)13/h2-3,5-8,15H,4,9-10H2,1H3. The van der Waals surface area contributed by atoms with Crippen molar-refractivity contribution in [2.45, 2.75) is 30.2 Å². The van der Waals surface area contributed by atoms with Crippen molar-refractivity contribution >= 4 is 38.3 Å². The lowest BCUT2D eigenvalue weighted by Crippen LogP contribution is -2.28. The van der Waals surface area contributed by atoms with Crippen LogP contribution in [0.15, 0.2) is 36.4 Å². The molecule has 1 nitrogen and oxygen atoms in total. The van der Waals surface area contributed by atoms with Crippen molar-refractivity contribution in [3.8, 4) is 0 Å². The Balaban J connectivity index is 2.12. The van der Waals surface area contributed by atoms with Gasteiger partial charge in [0.05, 0.1) is 10.4 Å². The summed E-state index contributed by atoms with van der Waals surface area (Å²) < 4.78 is 5.96. The first-order valence-corrected chi connectivity index (χ1v) is 7.86. The van der Waals surface area contributed by atoms with Crippen LogP contribution in [-0.2, 0) is 4.74 Å². The number of alkyl halides is 1. The van der Waals surface area contributed by atoms with E-state index in [1.54, 1.807) is 0 Å². The molecule has 1 heterocycles. The minimum atomic E-state index is -0.128. The van der Waals surface area contributed by atoms with E-state index in [2.05, 4.69) is 47.1 Å². The molecule has 1 aliphatic heterocycles. The van der Waals surface area contributed by atoms with Crippen molar-refractivity contribution in [1.82, 2.24) is 0 Å². The summed E-state index contributed by atoms with van der Waals surface area (Å²) in [7, 11) is 0. The molecule has 0 saturated carbocycles. The molecule has 1 fully saturated rings. The number of hydrogen-bond donors (Lipinski definition) is 0. The molecular formula is C16H16BrClO. The molecule has 0 N–H and O–H groups in total. The van der Waals surface area contributed by atoms with E-state index in [-0.39, 0.29) is 10.4 Å². The summed E-state index contributed by atoms with van der Waals surface area (Å²) in [6.45, 7) is 3.03. The normalized spacial score (nSPS) is 24.8. The van der Waals surface area contributed by atoms with Crippen molar-refractivity contribution in [3.05, 3.63) is 47.0 Å². The van der Waals surface area contributed by atoms with Gasteiger partial charge in [-0.2, -0.15) is 0 Å². The molecule has 1 aliphatic rings. The van der Waals surface area contributed by atoms with E-state index in [0.29, 0.717) is 0 Å². The molecule has 100 valence electrons. The molecule has 2 aromatic carbocycles. The van der Waals surface area contributed by atoms with Crippen LogP contribution in [0.3, 0.4) is 0 Å². The monoisotopic (exact) mass is 338 g/mol. The topological polar surface area (TPSA) is 9.23 Å². The highest BCUT2D eigenvalue weighted by Gasteiger charge is 2.38. The van der Waals surface area contributed by atoms with Crippen LogP contribution < -0.4 is 0 Å². The van der Waals surface area contributed by atoms with Gasteiger partial charge >= 0.3 is 0 Å². The van der Waals surface area contributed by atoms with Gasteiger partial charge in [0, 0.05) is 17.0 Å². The molecule has 0 radical (unpaired) electrons. The Labute approximate surface area is 127 Å².